The molecule has 1 atom stereocenters. The number of rotatable bonds is 5. The Morgan fingerprint density at radius 1 is 1.09 bits per heavy atom. The number of nitrogens with one attached hydrogen (secondary N) is 1. The minimum atomic E-state index is -0.415. The van der Waals surface area contributed by atoms with Crippen LogP contribution in [-0.2, 0) is 0 Å². The lowest BCUT2D eigenvalue weighted by Crippen LogP contribution is -2.27. The Bertz CT molecular complexity index is 1500. The van der Waals surface area contributed by atoms with Gasteiger partial charge in [-0.1, -0.05) is 35.9 Å². The highest BCUT2D eigenvalue weighted by atomic mass is 35.5. The summed E-state index contributed by atoms with van der Waals surface area (Å²) in [5.41, 5.74) is 9.33. The maximum atomic E-state index is 13.6. The number of hydrogen-bond acceptors (Lipinski definition) is 8. The third-order valence-electron chi connectivity index (χ3n) is 5.13. The van der Waals surface area contributed by atoms with Gasteiger partial charge in [-0.15, -0.1) is 11.3 Å². The largest absolute Gasteiger partial charge is 0.368 e. The molecule has 5 aromatic rings. The third-order valence-corrected chi connectivity index (χ3v) is 6.25. The van der Waals surface area contributed by atoms with Gasteiger partial charge in [0.2, 0.25) is 5.95 Å². The number of anilines is 2. The number of nitrogens with two attached hydrogens (primary N) is 1. The highest BCUT2D eigenvalue weighted by Gasteiger charge is 2.21. The first-order valence-corrected chi connectivity index (χ1v) is 11.3. The Morgan fingerprint density at radius 3 is 2.67 bits per heavy atom. The standard InChI is InChI=1S/C23H18ClN7OS/c1-13(28-20-15(10-27-23(25)30-20)18-11-26-12-33-18)21-29-17-9-5-8-16(24)19(17)22(32)31(21)14-6-3-2-4-7-14/h2-13H,1H3,(H3,25,27,28,30). The van der Waals surface area contributed by atoms with Crippen LogP contribution in [0, 0.1) is 0 Å². The summed E-state index contributed by atoms with van der Waals surface area (Å²) >= 11 is 7.84. The maximum absolute atomic E-state index is 13.6. The molecule has 0 saturated heterocycles. The predicted octanol–water partition coefficient (Wildman–Crippen LogP) is 4.71. The van der Waals surface area contributed by atoms with Crippen LogP contribution >= 0.6 is 22.9 Å². The summed E-state index contributed by atoms with van der Waals surface area (Å²) in [4.78, 5) is 32.0. The normalized spacial score (nSPS) is 12.1. The van der Waals surface area contributed by atoms with E-state index in [4.69, 9.17) is 22.3 Å². The van der Waals surface area contributed by atoms with E-state index in [1.54, 1.807) is 40.7 Å². The van der Waals surface area contributed by atoms with Gasteiger partial charge in [0.1, 0.15) is 11.6 Å². The van der Waals surface area contributed by atoms with E-state index in [-0.39, 0.29) is 11.5 Å². The third kappa shape index (κ3) is 3.92. The van der Waals surface area contributed by atoms with E-state index < -0.39 is 6.04 Å². The highest BCUT2D eigenvalue weighted by Crippen LogP contribution is 2.32. The Hall–Kier alpha value is -3.82. The Labute approximate surface area is 197 Å². The van der Waals surface area contributed by atoms with Crippen LogP contribution in [0.25, 0.3) is 27.0 Å². The van der Waals surface area contributed by atoms with Gasteiger partial charge in [0, 0.05) is 12.4 Å². The molecular formula is C23H18ClN7OS. The molecule has 33 heavy (non-hydrogen) atoms. The van der Waals surface area contributed by atoms with E-state index in [9.17, 15) is 4.79 Å². The van der Waals surface area contributed by atoms with E-state index >= 15 is 0 Å². The second kappa shape index (κ2) is 8.61. The first kappa shape index (κ1) is 21.0. The van der Waals surface area contributed by atoms with Gasteiger partial charge in [0.25, 0.3) is 5.56 Å². The van der Waals surface area contributed by atoms with Gasteiger partial charge in [-0.25, -0.2) is 9.97 Å². The molecule has 0 radical (unpaired) electrons. The van der Waals surface area contributed by atoms with Crippen molar-refractivity contribution in [3.05, 3.63) is 87.6 Å². The number of aromatic nitrogens is 5. The zero-order valence-corrected chi connectivity index (χ0v) is 19.0. The number of halogens is 1. The lowest BCUT2D eigenvalue weighted by molar-refractivity contribution is 0.731. The second-order valence-corrected chi connectivity index (χ2v) is 8.60. The summed E-state index contributed by atoms with van der Waals surface area (Å²) < 4.78 is 1.57. The zero-order chi connectivity index (χ0) is 22.9. The van der Waals surface area contributed by atoms with Crippen molar-refractivity contribution in [1.29, 1.82) is 0 Å². The molecule has 0 saturated carbocycles. The fraction of sp³-hybridized carbons (Fsp3) is 0.0870. The number of para-hydroxylation sites is 1. The zero-order valence-electron chi connectivity index (χ0n) is 17.4. The fourth-order valence-electron chi connectivity index (χ4n) is 3.63. The van der Waals surface area contributed by atoms with Gasteiger partial charge in [0.05, 0.1) is 43.6 Å². The van der Waals surface area contributed by atoms with Gasteiger partial charge >= 0.3 is 0 Å². The van der Waals surface area contributed by atoms with E-state index in [1.807, 2.05) is 37.3 Å². The maximum Gasteiger partial charge on any atom is 0.267 e. The molecule has 164 valence electrons. The van der Waals surface area contributed by atoms with Crippen molar-refractivity contribution in [2.45, 2.75) is 13.0 Å². The van der Waals surface area contributed by atoms with Gasteiger partial charge in [0.15, 0.2) is 0 Å². The lowest BCUT2D eigenvalue weighted by Gasteiger charge is -2.21. The van der Waals surface area contributed by atoms with Crippen molar-refractivity contribution in [1.82, 2.24) is 24.5 Å². The fourth-order valence-corrected chi connectivity index (χ4v) is 4.51. The summed E-state index contributed by atoms with van der Waals surface area (Å²) in [6.07, 6.45) is 3.40. The molecule has 2 aromatic carbocycles. The molecule has 5 rings (SSSR count). The van der Waals surface area contributed by atoms with Crippen LogP contribution in [0.2, 0.25) is 5.02 Å². The second-order valence-electron chi connectivity index (χ2n) is 7.30. The molecule has 0 aliphatic carbocycles. The summed E-state index contributed by atoms with van der Waals surface area (Å²) in [5.74, 6) is 1.17. The molecule has 3 N–H and O–H groups in total. The average Bonchev–Trinajstić information content (AvgIpc) is 3.34. The molecule has 0 aliphatic rings. The van der Waals surface area contributed by atoms with E-state index in [0.29, 0.717) is 33.3 Å². The van der Waals surface area contributed by atoms with Crippen LogP contribution < -0.4 is 16.6 Å². The van der Waals surface area contributed by atoms with Crippen molar-refractivity contribution in [2.75, 3.05) is 11.1 Å². The van der Waals surface area contributed by atoms with Gasteiger partial charge in [-0.2, -0.15) is 4.98 Å². The number of nitrogens with zero attached hydrogens (tertiary/aromatic N) is 5. The molecule has 0 aliphatic heterocycles. The van der Waals surface area contributed by atoms with Crippen LogP contribution in [0.4, 0.5) is 11.8 Å². The molecule has 3 aromatic heterocycles. The van der Waals surface area contributed by atoms with E-state index in [1.165, 1.54) is 11.3 Å². The van der Waals surface area contributed by atoms with Crippen molar-refractivity contribution in [2.24, 2.45) is 0 Å². The molecule has 1 unspecified atom stereocenters. The number of hydrogen-bond donors (Lipinski definition) is 2. The van der Waals surface area contributed by atoms with E-state index in [2.05, 4.69) is 20.3 Å². The van der Waals surface area contributed by atoms with Gasteiger partial charge in [-0.3, -0.25) is 14.3 Å². The van der Waals surface area contributed by atoms with Crippen LogP contribution in [0.5, 0.6) is 0 Å². The van der Waals surface area contributed by atoms with Gasteiger partial charge < -0.3 is 11.1 Å². The minimum absolute atomic E-state index is 0.136. The van der Waals surface area contributed by atoms with Crippen LogP contribution in [0.3, 0.4) is 0 Å². The summed E-state index contributed by atoms with van der Waals surface area (Å²) in [5, 5.41) is 4.10. The molecule has 0 fully saturated rings. The van der Waals surface area contributed by atoms with E-state index in [0.717, 1.165) is 10.4 Å². The van der Waals surface area contributed by atoms with Crippen LogP contribution in [0.1, 0.15) is 18.8 Å². The Morgan fingerprint density at radius 2 is 1.91 bits per heavy atom. The monoisotopic (exact) mass is 475 g/mol. The van der Waals surface area contributed by atoms with Crippen molar-refractivity contribution in [3.63, 3.8) is 0 Å². The Kier molecular flexibility index (Phi) is 5.49. The van der Waals surface area contributed by atoms with Crippen molar-refractivity contribution >= 4 is 45.6 Å². The minimum Gasteiger partial charge on any atom is -0.368 e. The quantitative estimate of drug-likeness (QED) is 0.378. The number of nitrogen functional groups attached to an aromatic ring is 1. The number of fused-ring (bicyclic) bond motifs is 1. The van der Waals surface area contributed by atoms with Crippen LogP contribution in [0.15, 0.2) is 71.2 Å². The Balaban J connectivity index is 1.68. The highest BCUT2D eigenvalue weighted by molar-refractivity contribution is 7.13. The smallest absolute Gasteiger partial charge is 0.267 e. The number of benzene rings is 2. The summed E-state index contributed by atoms with van der Waals surface area (Å²) in [7, 11) is 0. The number of thiazole rings is 1. The predicted molar refractivity (Wildman–Crippen MR) is 132 cm³/mol. The molecule has 0 spiro atoms. The molecule has 3 heterocycles. The molecular weight excluding hydrogens is 458 g/mol. The summed E-state index contributed by atoms with van der Waals surface area (Å²) in [6.45, 7) is 1.91. The lowest BCUT2D eigenvalue weighted by atomic mass is 10.2. The molecule has 8 nitrogen and oxygen atoms in total. The molecule has 0 amide bonds. The first-order chi connectivity index (χ1) is 16.0. The van der Waals surface area contributed by atoms with Crippen LogP contribution in [-0.4, -0.2) is 24.5 Å². The van der Waals surface area contributed by atoms with Crippen molar-refractivity contribution in [3.8, 4) is 16.1 Å². The van der Waals surface area contributed by atoms with Crippen molar-refractivity contribution < 1.29 is 0 Å². The topological polar surface area (TPSA) is 112 Å². The molecule has 10 heteroatoms. The SMILES string of the molecule is CC(Nc1nc(N)ncc1-c1cncs1)c1nc2cccc(Cl)c2c(=O)n1-c1ccccc1. The first-order valence-electron chi connectivity index (χ1n) is 10.1. The summed E-state index contributed by atoms with van der Waals surface area (Å²) in [6, 6.07) is 14.2. The molecule has 0 bridgehead atoms. The van der Waals surface area contributed by atoms with Gasteiger partial charge in [-0.05, 0) is 31.2 Å². The average molecular weight is 476 g/mol.